The van der Waals surface area contributed by atoms with Crippen LogP contribution < -0.4 is 0 Å². The first-order chi connectivity index (χ1) is 5.25. The van der Waals surface area contributed by atoms with Crippen LogP contribution in [0.5, 0.6) is 0 Å². The monoisotopic (exact) mass is 152 g/mol. The molecule has 0 aromatic carbocycles. The Hall–Kier alpha value is -1.17. The molecule has 1 heterocycles. The molecule has 1 rings (SSSR count). The van der Waals surface area contributed by atoms with Crippen molar-refractivity contribution in [2.45, 2.75) is 6.92 Å². The van der Waals surface area contributed by atoms with Crippen LogP contribution >= 0.6 is 0 Å². The highest BCUT2D eigenvalue weighted by Gasteiger charge is 2.23. The quantitative estimate of drug-likeness (QED) is 0.498. The number of nitrogens with zero attached hydrogens (tertiary/aromatic N) is 2. The lowest BCUT2D eigenvalue weighted by Crippen LogP contribution is -2.29. The van der Waals surface area contributed by atoms with Crippen molar-refractivity contribution in [2.24, 2.45) is 0 Å². The largest absolute Gasteiger partial charge is 0.326 e. The van der Waals surface area contributed by atoms with E-state index in [2.05, 4.69) is 11.8 Å². The lowest BCUT2D eigenvalue weighted by molar-refractivity contribution is 0.202. The molecule has 1 fully saturated rings. The molecule has 0 spiro atoms. The fourth-order valence-electron chi connectivity index (χ4n) is 1.02. The first-order valence-corrected chi connectivity index (χ1v) is 3.65. The molecular formula is C8H12N2O. The molecule has 0 aromatic rings. The van der Waals surface area contributed by atoms with Gasteiger partial charge in [-0.3, -0.25) is 0 Å². The predicted molar refractivity (Wildman–Crippen MR) is 43.0 cm³/mol. The fraction of sp³-hybridized carbons (Fsp3) is 0.625. The van der Waals surface area contributed by atoms with Crippen LogP contribution in [0.1, 0.15) is 6.92 Å². The van der Waals surface area contributed by atoms with Crippen LogP contribution in [-0.4, -0.2) is 42.5 Å². The number of hydrogen-bond acceptors (Lipinski definition) is 1. The first-order valence-electron chi connectivity index (χ1n) is 3.65. The minimum absolute atomic E-state index is 0.0905. The summed E-state index contributed by atoms with van der Waals surface area (Å²) in [5.41, 5.74) is 0. The molecule has 11 heavy (non-hydrogen) atoms. The lowest BCUT2D eigenvalue weighted by atomic mass is 10.5. The summed E-state index contributed by atoms with van der Waals surface area (Å²) in [5, 5.41) is 0. The van der Waals surface area contributed by atoms with Gasteiger partial charge in [0.15, 0.2) is 0 Å². The smallest absolute Gasteiger partial charge is 0.320 e. The Morgan fingerprint density at radius 3 is 2.73 bits per heavy atom. The number of likely N-dealkylation sites (N-methyl/N-ethyl adjacent to an activating group) is 1. The zero-order valence-corrected chi connectivity index (χ0v) is 6.92. The number of rotatable bonds is 1. The summed E-state index contributed by atoms with van der Waals surface area (Å²) < 4.78 is 0. The van der Waals surface area contributed by atoms with Crippen molar-refractivity contribution < 1.29 is 4.79 Å². The Bertz CT molecular complexity index is 214. The fourth-order valence-corrected chi connectivity index (χ4v) is 1.02. The van der Waals surface area contributed by atoms with Gasteiger partial charge < -0.3 is 9.80 Å². The lowest BCUT2D eigenvalue weighted by Gasteiger charge is -2.11. The van der Waals surface area contributed by atoms with E-state index in [1.807, 2.05) is 7.05 Å². The van der Waals surface area contributed by atoms with Gasteiger partial charge in [-0.15, -0.1) is 5.92 Å². The average Bonchev–Trinajstić information content (AvgIpc) is 2.31. The molecular weight excluding hydrogens is 140 g/mol. The highest BCUT2D eigenvalue weighted by atomic mass is 16.2. The van der Waals surface area contributed by atoms with Crippen molar-refractivity contribution in [2.75, 3.05) is 26.7 Å². The second kappa shape index (κ2) is 3.29. The Balaban J connectivity index is 2.46. The Morgan fingerprint density at radius 2 is 2.27 bits per heavy atom. The molecule has 0 aliphatic carbocycles. The molecule has 2 amide bonds. The number of amides is 2. The van der Waals surface area contributed by atoms with Crippen molar-refractivity contribution in [3.05, 3.63) is 0 Å². The summed E-state index contributed by atoms with van der Waals surface area (Å²) in [6.45, 7) is 3.98. The van der Waals surface area contributed by atoms with E-state index in [9.17, 15) is 4.79 Å². The second-order valence-corrected chi connectivity index (χ2v) is 2.55. The first kappa shape index (κ1) is 7.93. The van der Waals surface area contributed by atoms with Gasteiger partial charge in [0.05, 0.1) is 6.54 Å². The standard InChI is InChI=1S/C8H12N2O/c1-3-4-5-10-7-6-9(2)8(10)11/h5-7H2,1-2H3. The molecule has 0 saturated carbocycles. The normalized spacial score (nSPS) is 16.7. The molecule has 1 aliphatic heterocycles. The van der Waals surface area contributed by atoms with Crippen molar-refractivity contribution in [3.8, 4) is 11.8 Å². The topological polar surface area (TPSA) is 23.6 Å². The Kier molecular flexibility index (Phi) is 2.37. The van der Waals surface area contributed by atoms with Gasteiger partial charge in [-0.2, -0.15) is 0 Å². The van der Waals surface area contributed by atoms with Gasteiger partial charge >= 0.3 is 6.03 Å². The van der Waals surface area contributed by atoms with Crippen LogP contribution in [0.2, 0.25) is 0 Å². The van der Waals surface area contributed by atoms with E-state index in [1.54, 1.807) is 16.7 Å². The summed E-state index contributed by atoms with van der Waals surface area (Å²) in [6, 6.07) is 0.0905. The maximum absolute atomic E-state index is 11.2. The molecule has 3 nitrogen and oxygen atoms in total. The van der Waals surface area contributed by atoms with Gasteiger partial charge in [-0.05, 0) is 6.92 Å². The predicted octanol–water partition coefficient (Wildman–Crippen LogP) is 0.377. The van der Waals surface area contributed by atoms with Gasteiger partial charge in [0.25, 0.3) is 0 Å². The number of urea groups is 1. The van der Waals surface area contributed by atoms with Crippen LogP contribution in [0.25, 0.3) is 0 Å². The second-order valence-electron chi connectivity index (χ2n) is 2.55. The minimum Gasteiger partial charge on any atom is -0.326 e. The molecule has 1 aliphatic rings. The minimum atomic E-state index is 0.0905. The third-order valence-electron chi connectivity index (χ3n) is 1.75. The number of carbonyl (C=O) groups is 1. The van der Waals surface area contributed by atoms with Gasteiger partial charge in [-0.1, -0.05) is 5.92 Å². The summed E-state index contributed by atoms with van der Waals surface area (Å²) in [7, 11) is 1.81. The van der Waals surface area contributed by atoms with Gasteiger partial charge in [0.2, 0.25) is 0 Å². The number of hydrogen-bond donors (Lipinski definition) is 0. The van der Waals surface area contributed by atoms with Crippen LogP contribution in [0.3, 0.4) is 0 Å². The third kappa shape index (κ3) is 1.64. The molecule has 0 atom stereocenters. The highest BCUT2D eigenvalue weighted by molar-refractivity contribution is 5.76. The molecule has 1 saturated heterocycles. The van der Waals surface area contributed by atoms with E-state index in [0.29, 0.717) is 6.54 Å². The van der Waals surface area contributed by atoms with Crippen molar-refractivity contribution in [1.29, 1.82) is 0 Å². The molecule has 0 N–H and O–H groups in total. The highest BCUT2D eigenvalue weighted by Crippen LogP contribution is 2.03. The summed E-state index contributed by atoms with van der Waals surface area (Å²) in [6.07, 6.45) is 0. The van der Waals surface area contributed by atoms with E-state index < -0.39 is 0 Å². The van der Waals surface area contributed by atoms with E-state index in [1.165, 1.54) is 0 Å². The van der Waals surface area contributed by atoms with Gasteiger partial charge in [0, 0.05) is 20.1 Å². The van der Waals surface area contributed by atoms with E-state index in [4.69, 9.17) is 0 Å². The molecule has 0 radical (unpaired) electrons. The van der Waals surface area contributed by atoms with E-state index in [-0.39, 0.29) is 6.03 Å². The molecule has 0 unspecified atom stereocenters. The van der Waals surface area contributed by atoms with E-state index in [0.717, 1.165) is 13.1 Å². The maximum Gasteiger partial charge on any atom is 0.320 e. The maximum atomic E-state index is 11.2. The van der Waals surface area contributed by atoms with Crippen LogP contribution in [0.15, 0.2) is 0 Å². The summed E-state index contributed by atoms with van der Waals surface area (Å²) >= 11 is 0. The third-order valence-corrected chi connectivity index (χ3v) is 1.75. The summed E-state index contributed by atoms with van der Waals surface area (Å²) in [4.78, 5) is 14.6. The molecule has 60 valence electrons. The summed E-state index contributed by atoms with van der Waals surface area (Å²) in [5.74, 6) is 5.64. The van der Waals surface area contributed by atoms with Gasteiger partial charge in [-0.25, -0.2) is 4.79 Å². The van der Waals surface area contributed by atoms with E-state index >= 15 is 0 Å². The van der Waals surface area contributed by atoms with Crippen molar-refractivity contribution in [1.82, 2.24) is 9.80 Å². The number of carbonyl (C=O) groups excluding carboxylic acids is 1. The Labute approximate surface area is 67.0 Å². The zero-order valence-electron chi connectivity index (χ0n) is 6.92. The molecule has 0 bridgehead atoms. The van der Waals surface area contributed by atoms with Crippen LogP contribution in [0.4, 0.5) is 4.79 Å². The Morgan fingerprint density at radius 1 is 1.55 bits per heavy atom. The average molecular weight is 152 g/mol. The SMILES string of the molecule is CC#CCN1CCN(C)C1=O. The van der Waals surface area contributed by atoms with Crippen LogP contribution in [0, 0.1) is 11.8 Å². The molecule has 0 aromatic heterocycles. The molecule has 3 heteroatoms. The zero-order chi connectivity index (χ0) is 8.27. The van der Waals surface area contributed by atoms with Crippen molar-refractivity contribution >= 4 is 6.03 Å². The van der Waals surface area contributed by atoms with Gasteiger partial charge in [0.1, 0.15) is 0 Å². The van der Waals surface area contributed by atoms with Crippen molar-refractivity contribution in [3.63, 3.8) is 0 Å². The van der Waals surface area contributed by atoms with Crippen LogP contribution in [-0.2, 0) is 0 Å².